The van der Waals surface area contributed by atoms with E-state index >= 15 is 0 Å². The van der Waals surface area contributed by atoms with Crippen molar-refractivity contribution in [3.05, 3.63) is 60.6 Å². The van der Waals surface area contributed by atoms with Crippen LogP contribution in [0.5, 0.6) is 11.6 Å². The van der Waals surface area contributed by atoms with Gasteiger partial charge < -0.3 is 29.7 Å². The molecule has 12 heteroatoms. The predicted molar refractivity (Wildman–Crippen MR) is 148 cm³/mol. The van der Waals surface area contributed by atoms with Crippen molar-refractivity contribution >= 4 is 17.6 Å². The number of carbonyl (C=O) groups excluding carboxylic acids is 2. The molecule has 3 aromatic rings. The largest absolute Gasteiger partial charge is 0.439 e. The zero-order valence-corrected chi connectivity index (χ0v) is 23.1. The first-order chi connectivity index (χ1) is 19.3. The number of aliphatic hydroxyl groups excluding tert-OH is 1. The van der Waals surface area contributed by atoms with E-state index in [1.165, 1.54) is 0 Å². The van der Waals surface area contributed by atoms with E-state index in [9.17, 15) is 14.7 Å². The Balaban J connectivity index is 1.44. The fourth-order valence-electron chi connectivity index (χ4n) is 4.43. The van der Waals surface area contributed by atoms with Gasteiger partial charge in [0.05, 0.1) is 31.6 Å². The van der Waals surface area contributed by atoms with Crippen LogP contribution in [0.25, 0.3) is 0 Å². The van der Waals surface area contributed by atoms with Gasteiger partial charge in [0.1, 0.15) is 11.4 Å². The van der Waals surface area contributed by atoms with Gasteiger partial charge >= 0.3 is 6.03 Å². The number of hydrogen-bond donors (Lipinski definition) is 2. The normalized spacial score (nSPS) is 19.1. The molecule has 2 aromatic heterocycles. The van der Waals surface area contributed by atoms with E-state index < -0.39 is 6.10 Å². The smallest absolute Gasteiger partial charge is 0.321 e. The maximum absolute atomic E-state index is 13.1. The molecule has 4 rings (SSSR count). The van der Waals surface area contributed by atoms with Crippen LogP contribution in [0.4, 0.5) is 10.5 Å². The van der Waals surface area contributed by atoms with Crippen molar-refractivity contribution in [2.45, 2.75) is 52.0 Å². The number of aliphatic hydroxyl groups is 1. The van der Waals surface area contributed by atoms with Crippen LogP contribution in [0.2, 0.25) is 0 Å². The first kappa shape index (κ1) is 29.0. The highest BCUT2D eigenvalue weighted by molar-refractivity contribution is 5.89. The van der Waals surface area contributed by atoms with E-state index in [1.807, 2.05) is 26.1 Å². The molecule has 0 unspecified atom stereocenters. The minimum atomic E-state index is -0.415. The second kappa shape index (κ2) is 13.9. The number of carbonyl (C=O) groups is 2. The molecule has 40 heavy (non-hydrogen) atoms. The molecule has 0 spiro atoms. The second-order valence-corrected chi connectivity index (χ2v) is 10.1. The Bertz CT molecular complexity index is 1250. The molecular formula is C28H37N7O5. The molecule has 0 saturated heterocycles. The van der Waals surface area contributed by atoms with Crippen LogP contribution in [0.1, 0.15) is 32.4 Å². The highest BCUT2D eigenvalue weighted by Gasteiger charge is 2.29. The van der Waals surface area contributed by atoms with Gasteiger partial charge in [0, 0.05) is 63.0 Å². The third kappa shape index (κ3) is 7.99. The summed E-state index contributed by atoms with van der Waals surface area (Å²) in [6.07, 6.45) is 4.00. The van der Waals surface area contributed by atoms with E-state index in [0.717, 1.165) is 0 Å². The number of ether oxygens (including phenoxy) is 2. The first-order valence-corrected chi connectivity index (χ1v) is 13.4. The molecule has 2 N–H and O–H groups in total. The minimum absolute atomic E-state index is 0.0364. The van der Waals surface area contributed by atoms with Gasteiger partial charge in [-0.1, -0.05) is 24.3 Å². The topological polar surface area (TPSA) is 135 Å². The predicted octanol–water partition coefficient (Wildman–Crippen LogP) is 3.15. The zero-order valence-electron chi connectivity index (χ0n) is 23.1. The van der Waals surface area contributed by atoms with E-state index in [0.29, 0.717) is 48.9 Å². The van der Waals surface area contributed by atoms with E-state index in [4.69, 9.17) is 9.47 Å². The van der Waals surface area contributed by atoms with Crippen molar-refractivity contribution in [2.24, 2.45) is 5.92 Å². The van der Waals surface area contributed by atoms with Gasteiger partial charge in [-0.2, -0.15) is 0 Å². The Morgan fingerprint density at radius 3 is 2.92 bits per heavy atom. The summed E-state index contributed by atoms with van der Waals surface area (Å²) in [6, 6.07) is 11.8. The summed E-state index contributed by atoms with van der Waals surface area (Å²) in [6.45, 7) is 5.11. The SMILES string of the molecule is C[C@@H]1CN([C@H](C)CO)C(=O)CCCn2cc(nn2)CO[C@@H]1CN(C)C(=O)Nc1cccc(Oc2ccccn2)c1. The number of nitrogens with zero attached hydrogens (tertiary/aromatic N) is 6. The lowest BCUT2D eigenvalue weighted by Crippen LogP contribution is -2.48. The Morgan fingerprint density at radius 1 is 1.30 bits per heavy atom. The number of hydrogen-bond acceptors (Lipinski definition) is 8. The molecule has 2 bridgehead atoms. The van der Waals surface area contributed by atoms with Crippen molar-refractivity contribution in [2.75, 3.05) is 32.1 Å². The number of fused-ring (bicyclic) bond motifs is 2. The van der Waals surface area contributed by atoms with Crippen molar-refractivity contribution in [3.8, 4) is 11.6 Å². The van der Waals surface area contributed by atoms with Crippen LogP contribution in [-0.2, 0) is 22.7 Å². The third-order valence-electron chi connectivity index (χ3n) is 6.79. The lowest BCUT2D eigenvalue weighted by Gasteiger charge is -2.35. The van der Waals surface area contributed by atoms with Gasteiger partial charge in [-0.3, -0.25) is 9.48 Å². The maximum atomic E-state index is 13.1. The molecule has 1 aliphatic heterocycles. The molecule has 214 valence electrons. The van der Waals surface area contributed by atoms with Crippen LogP contribution in [0.15, 0.2) is 54.9 Å². The molecule has 3 amide bonds. The van der Waals surface area contributed by atoms with Crippen molar-refractivity contribution < 1.29 is 24.2 Å². The van der Waals surface area contributed by atoms with Gasteiger partial charge in [0.25, 0.3) is 0 Å². The zero-order chi connectivity index (χ0) is 28.5. The summed E-state index contributed by atoms with van der Waals surface area (Å²) in [4.78, 5) is 33.6. The van der Waals surface area contributed by atoms with Crippen molar-refractivity contribution in [1.29, 1.82) is 0 Å². The monoisotopic (exact) mass is 551 g/mol. The quantitative estimate of drug-likeness (QED) is 0.457. The summed E-state index contributed by atoms with van der Waals surface area (Å²) in [5.41, 5.74) is 1.25. The van der Waals surface area contributed by atoms with Crippen LogP contribution in [0, 0.1) is 5.92 Å². The average Bonchev–Trinajstić information content (AvgIpc) is 3.41. The summed E-state index contributed by atoms with van der Waals surface area (Å²) in [5, 5.41) is 21.0. The van der Waals surface area contributed by atoms with Crippen LogP contribution in [0.3, 0.4) is 0 Å². The minimum Gasteiger partial charge on any atom is -0.439 e. The highest BCUT2D eigenvalue weighted by atomic mass is 16.5. The van der Waals surface area contributed by atoms with Gasteiger partial charge in [-0.05, 0) is 31.5 Å². The number of aryl methyl sites for hydroxylation is 1. The Labute approximate surface area is 233 Å². The Morgan fingerprint density at radius 2 is 2.15 bits per heavy atom. The number of rotatable bonds is 7. The summed E-state index contributed by atoms with van der Waals surface area (Å²) in [7, 11) is 1.69. The highest BCUT2D eigenvalue weighted by Crippen LogP contribution is 2.23. The van der Waals surface area contributed by atoms with Gasteiger partial charge in [-0.15, -0.1) is 5.10 Å². The summed E-state index contributed by atoms with van der Waals surface area (Å²) < 4.78 is 13.7. The van der Waals surface area contributed by atoms with Gasteiger partial charge in [0.15, 0.2) is 0 Å². The molecule has 1 aliphatic rings. The fraction of sp³-hybridized carbons (Fsp3) is 0.464. The molecule has 3 heterocycles. The number of likely N-dealkylation sites (N-methyl/N-ethyl adjacent to an activating group) is 1. The number of nitrogens with one attached hydrogen (secondary N) is 1. The lowest BCUT2D eigenvalue weighted by atomic mass is 10.0. The van der Waals surface area contributed by atoms with Crippen LogP contribution in [-0.4, -0.2) is 85.7 Å². The number of anilines is 1. The van der Waals surface area contributed by atoms with E-state index in [2.05, 4.69) is 20.6 Å². The fourth-order valence-corrected chi connectivity index (χ4v) is 4.43. The second-order valence-electron chi connectivity index (χ2n) is 10.1. The van der Waals surface area contributed by atoms with Crippen molar-refractivity contribution in [1.82, 2.24) is 29.8 Å². The van der Waals surface area contributed by atoms with Crippen LogP contribution >= 0.6 is 0 Å². The molecule has 1 aromatic carbocycles. The molecule has 0 radical (unpaired) electrons. The summed E-state index contributed by atoms with van der Waals surface area (Å²) >= 11 is 0. The lowest BCUT2D eigenvalue weighted by molar-refractivity contribution is -0.136. The van der Waals surface area contributed by atoms with E-state index in [1.54, 1.807) is 64.1 Å². The number of urea groups is 1. The Hall–Kier alpha value is -4.03. The number of amides is 3. The molecule has 0 saturated carbocycles. The Kier molecular flexibility index (Phi) is 10.0. The van der Waals surface area contributed by atoms with Crippen molar-refractivity contribution in [3.63, 3.8) is 0 Å². The number of aromatic nitrogens is 4. The molecule has 0 fully saturated rings. The van der Waals surface area contributed by atoms with E-state index in [-0.39, 0.29) is 43.7 Å². The average molecular weight is 552 g/mol. The third-order valence-corrected chi connectivity index (χ3v) is 6.79. The molecule has 3 atom stereocenters. The maximum Gasteiger partial charge on any atom is 0.321 e. The summed E-state index contributed by atoms with van der Waals surface area (Å²) in [5.74, 6) is 0.822. The molecule has 0 aliphatic carbocycles. The van der Waals surface area contributed by atoms with Gasteiger partial charge in [0.2, 0.25) is 11.8 Å². The van der Waals surface area contributed by atoms with Crippen LogP contribution < -0.4 is 10.1 Å². The van der Waals surface area contributed by atoms with Gasteiger partial charge in [-0.25, -0.2) is 9.78 Å². The number of pyridine rings is 1. The number of benzene rings is 1. The molecule has 12 nitrogen and oxygen atoms in total. The molecular weight excluding hydrogens is 514 g/mol. The first-order valence-electron chi connectivity index (χ1n) is 13.4. The standard InChI is InChI=1S/C28H37N7O5/c1-20-15-35(21(2)18-36)27(37)11-7-13-34-16-23(31-32-34)19-39-25(20)17-33(3)28(38)30-22-8-6-9-24(14-22)40-26-10-4-5-12-29-26/h4-6,8-10,12,14,16,20-21,25,36H,7,11,13,15,17-19H2,1-3H3,(H,30,38)/t20-,21-,25-/m1/s1.